The second-order valence-electron chi connectivity index (χ2n) is 19.7. The number of halogens is 6. The van der Waals surface area contributed by atoms with Crippen LogP contribution < -0.4 is 14.9 Å². The third-order valence-electron chi connectivity index (χ3n) is 12.3. The van der Waals surface area contributed by atoms with Crippen LogP contribution >= 0.6 is 8.16 Å². The van der Waals surface area contributed by atoms with Crippen LogP contribution in [-0.2, 0) is 52.2 Å². The fourth-order valence-electron chi connectivity index (χ4n) is 8.54. The van der Waals surface area contributed by atoms with Crippen LogP contribution in [0.4, 0.5) is 30.6 Å². The number of nitrogens with one attached hydrogen (secondary N) is 1. The summed E-state index contributed by atoms with van der Waals surface area (Å²) in [7, 11) is -0.961. The minimum atomic E-state index is -8.55. The van der Waals surface area contributed by atoms with Gasteiger partial charge >= 0.3 is 52.9 Å². The van der Waals surface area contributed by atoms with Gasteiger partial charge < -0.3 is 82.6 Å². The van der Waals surface area contributed by atoms with Crippen LogP contribution in [0.3, 0.4) is 0 Å². The summed E-state index contributed by atoms with van der Waals surface area (Å²) in [5.41, 5.74) is 0.994. The van der Waals surface area contributed by atoms with Gasteiger partial charge in [0, 0.05) is 76.6 Å². The second-order valence-corrected chi connectivity index (χ2v) is 20.9. The fraction of sp³-hybridized carbons (Fsp3) is 0.816. The summed E-state index contributed by atoms with van der Waals surface area (Å²) in [5.74, 6) is 1.08. The quantitative estimate of drug-likeness (QED) is 0.0198. The van der Waals surface area contributed by atoms with E-state index in [-0.39, 0.29) is 79.4 Å². The molecule has 83 heavy (non-hydrogen) atoms. The molecule has 3 N–H and O–H groups in total. The number of rotatable bonds is 25. The molecule has 27 nitrogen and oxygen atoms in total. The molecule has 5 atom stereocenters. The topological polar surface area (TPSA) is 273 Å². The minimum Gasteiger partial charge on any atom is -1.00 e. The van der Waals surface area contributed by atoms with E-state index in [9.17, 15) is 40.6 Å². The SMILES string of the molecule is CC(=O)C1C[C@@H](COCN2CCN(C(=O)OCCOCCOCCO)CC2)O[C@@H](C)C1.CN(C)C(n1n[n+]([O-])c2ncccc21)=[N+](C)C.C[C@H]1CNC[C@@H](COCN2CCN(C(=O)OCCOCCOCCO)CC2)O1.FP(F)(F)(F)F.[F-]. The Morgan fingerprint density at radius 3 is 1.63 bits per heavy atom. The minimum absolute atomic E-state index is 0. The normalized spacial score (nSPS) is 20.8. The zero-order valence-corrected chi connectivity index (χ0v) is 49.6. The van der Waals surface area contributed by atoms with Crippen LogP contribution in [-0.4, -0.2) is 302 Å². The first-order valence-corrected chi connectivity index (χ1v) is 28.9. The molecule has 2 amide bonds. The molecule has 1 unspecified atom stereocenters. The number of fused-ring (bicyclic) bond motifs is 1. The van der Waals surface area contributed by atoms with Crippen LogP contribution in [0.2, 0.25) is 0 Å². The monoisotopic (exact) mass is 1230 g/mol. The number of aliphatic hydroxyl groups excluding tert-OH is 2. The summed E-state index contributed by atoms with van der Waals surface area (Å²) in [4.78, 5) is 50.0. The number of carbonyl (C=O) groups excluding carboxylic acids is 3. The van der Waals surface area contributed by atoms with Gasteiger partial charge in [-0.2, -0.15) is 0 Å². The summed E-state index contributed by atoms with van der Waals surface area (Å²) in [5, 5.41) is 36.0. The number of piperazine rings is 2. The number of ether oxygens (including phenoxy) is 10. The largest absolute Gasteiger partial charge is 1.00 e. The summed E-state index contributed by atoms with van der Waals surface area (Å²) in [6, 6.07) is 3.60. The first kappa shape index (κ1) is 74.6. The van der Waals surface area contributed by atoms with Crippen LogP contribution in [0.25, 0.3) is 11.2 Å². The van der Waals surface area contributed by atoms with Crippen LogP contribution in [0.1, 0.15) is 33.6 Å². The zero-order valence-electron chi connectivity index (χ0n) is 48.7. The molecule has 4 fully saturated rings. The fourth-order valence-corrected chi connectivity index (χ4v) is 8.54. The number of ketones is 1. The number of pyridine rings is 1. The van der Waals surface area contributed by atoms with Crippen molar-refractivity contribution in [1.82, 2.24) is 44.7 Å². The van der Waals surface area contributed by atoms with Crippen molar-refractivity contribution in [2.24, 2.45) is 5.92 Å². The zero-order chi connectivity index (χ0) is 60.5. The first-order valence-electron chi connectivity index (χ1n) is 27.2. The van der Waals surface area contributed by atoms with E-state index in [1.54, 1.807) is 33.7 Å². The van der Waals surface area contributed by atoms with Gasteiger partial charge in [0.25, 0.3) is 0 Å². The number of nitrogens with zero attached hydrogens (tertiary/aromatic N) is 10. The van der Waals surface area contributed by atoms with Crippen molar-refractivity contribution < 1.29 is 107 Å². The van der Waals surface area contributed by atoms with Gasteiger partial charge in [0.15, 0.2) is 0 Å². The maximum absolute atomic E-state index is 12.1. The molecule has 482 valence electrons. The molecule has 34 heteroatoms. The van der Waals surface area contributed by atoms with E-state index in [0.29, 0.717) is 135 Å². The van der Waals surface area contributed by atoms with Crippen LogP contribution in [0.15, 0.2) is 18.3 Å². The van der Waals surface area contributed by atoms with Crippen molar-refractivity contribution in [2.75, 3.05) is 200 Å². The van der Waals surface area contributed by atoms with Gasteiger partial charge in [-0.05, 0) is 45.7 Å². The van der Waals surface area contributed by atoms with Crippen molar-refractivity contribution in [3.8, 4) is 0 Å². The predicted octanol–water partition coefficient (Wildman–Crippen LogP) is -1.30. The average Bonchev–Trinajstić information content (AvgIpc) is 4.02. The number of hydrogen-bond acceptors (Lipinski definition) is 21. The summed E-state index contributed by atoms with van der Waals surface area (Å²) in [6.45, 7) is 18.1. The van der Waals surface area contributed by atoms with Crippen molar-refractivity contribution in [1.29, 1.82) is 0 Å². The Bertz CT molecular complexity index is 2150. The number of morpholine rings is 1. The van der Waals surface area contributed by atoms with Gasteiger partial charge in [-0.1, -0.05) is 4.68 Å². The third-order valence-corrected chi connectivity index (χ3v) is 12.3. The molecule has 6 heterocycles. The number of aromatic nitrogens is 4. The third kappa shape index (κ3) is 32.6. The van der Waals surface area contributed by atoms with Crippen molar-refractivity contribution in [2.45, 2.75) is 58.0 Å². The van der Waals surface area contributed by atoms with Gasteiger partial charge in [-0.15, -0.1) is 9.83 Å². The van der Waals surface area contributed by atoms with Gasteiger partial charge in [0.2, 0.25) is 5.52 Å². The Balaban J connectivity index is 0.000000414. The Morgan fingerprint density at radius 2 is 1.18 bits per heavy atom. The van der Waals surface area contributed by atoms with Crippen LogP contribution in [0.5, 0.6) is 0 Å². The molecule has 0 bridgehead atoms. The molecule has 0 aromatic carbocycles. The number of Topliss-reactive ketones (excluding diaryl/α,β-unsaturated/α-hetero) is 1. The maximum Gasteiger partial charge on any atom is -1.00 e. The summed E-state index contributed by atoms with van der Waals surface area (Å²) in [6.07, 6.45) is 2.80. The molecule has 2 aromatic rings. The van der Waals surface area contributed by atoms with Gasteiger partial charge in [0.1, 0.15) is 25.2 Å². The molecule has 0 radical (unpaired) electrons. The molecule has 4 saturated heterocycles. The smallest absolute Gasteiger partial charge is 1.00 e. The van der Waals surface area contributed by atoms with E-state index in [1.165, 1.54) is 0 Å². The Kier molecular flexibility index (Phi) is 36.0. The first-order chi connectivity index (χ1) is 38.9. The molecule has 4 aliphatic heterocycles. The van der Waals surface area contributed by atoms with E-state index < -0.39 is 8.16 Å². The molecule has 6 rings (SSSR count). The van der Waals surface area contributed by atoms with Crippen molar-refractivity contribution >= 4 is 43.3 Å². The second kappa shape index (κ2) is 40.0. The molecular formula is C49H88F6N11O16P. The number of hydrogen-bond donors (Lipinski definition) is 3. The molecule has 4 aliphatic rings. The van der Waals surface area contributed by atoms with Gasteiger partial charge in [-0.3, -0.25) is 24.1 Å². The molecule has 0 aliphatic carbocycles. The van der Waals surface area contributed by atoms with E-state index in [4.69, 9.17) is 57.6 Å². The molecule has 0 spiro atoms. The Labute approximate surface area is 481 Å². The number of carbonyl (C=O) groups is 3. The predicted molar refractivity (Wildman–Crippen MR) is 288 cm³/mol. The molecule has 0 saturated carbocycles. The van der Waals surface area contributed by atoms with E-state index >= 15 is 0 Å². The molecule has 2 aromatic heterocycles. The van der Waals surface area contributed by atoms with Gasteiger partial charge in [-0.25, -0.2) is 9.59 Å². The number of amides is 2. The van der Waals surface area contributed by atoms with E-state index in [1.807, 2.05) is 50.7 Å². The van der Waals surface area contributed by atoms with Gasteiger partial charge in [0.05, 0.1) is 145 Å². The Morgan fingerprint density at radius 1 is 0.723 bits per heavy atom. The van der Waals surface area contributed by atoms with Crippen molar-refractivity contribution in [3.05, 3.63) is 23.5 Å². The van der Waals surface area contributed by atoms with Crippen LogP contribution in [0, 0.1) is 11.1 Å². The molecular weight excluding hydrogens is 1140 g/mol. The summed E-state index contributed by atoms with van der Waals surface area (Å²) < 4.78 is 107. The standard InChI is InChI=1S/C21H38N2O8.C18H35N3O7.C10H15N6O.F5P.FH/c1-17-13-19(18(2)25)14-20(31-17)15-29-16-22-3-5-23(6-4-22)21(26)30-12-11-28-10-9-27-8-7-24;1-16-12-19-13-17(28-16)14-26-15-20-2-4-21(5-3-20)18(23)27-11-10-25-9-8-24-7-6-22;1-13(2)10(14(3)4)15-8-6-5-7-11-9(8)16(17)12-15;1-6(2,3,4)5;/h17,19-20,24H,3-16H2,1-2H3;16-17,19,22H,2-15H2,1H3;5-7H,1-4H3;;1H/q;;+1;;/p-1/t17-,19?,20-;16-,17-;;;/m00.../s1. The average molecular weight is 1230 g/mol. The number of aliphatic hydroxyl groups is 2. The maximum atomic E-state index is 12.1. The Hall–Kier alpha value is -4.48. The van der Waals surface area contributed by atoms with E-state index in [2.05, 4.69) is 32.2 Å². The van der Waals surface area contributed by atoms with Crippen molar-refractivity contribution in [3.63, 3.8) is 0 Å². The summed E-state index contributed by atoms with van der Waals surface area (Å²) >= 11 is 0. The van der Waals surface area contributed by atoms with E-state index in [0.717, 1.165) is 45.0 Å².